The van der Waals surface area contributed by atoms with Crippen molar-refractivity contribution in [3.63, 3.8) is 0 Å². The highest BCUT2D eigenvalue weighted by Gasteiger charge is 2.20. The average molecular weight is 317 g/mol. The van der Waals surface area contributed by atoms with Gasteiger partial charge < -0.3 is 5.73 Å². The van der Waals surface area contributed by atoms with E-state index >= 15 is 0 Å². The van der Waals surface area contributed by atoms with E-state index in [1.807, 2.05) is 39.6 Å². The lowest BCUT2D eigenvalue weighted by molar-refractivity contribution is 0.276. The van der Waals surface area contributed by atoms with Gasteiger partial charge in [-0.15, -0.1) is 0 Å². The van der Waals surface area contributed by atoms with Crippen molar-refractivity contribution in [2.75, 3.05) is 26.4 Å². The third-order valence-corrected chi connectivity index (χ3v) is 4.10. The van der Waals surface area contributed by atoms with Gasteiger partial charge in [0.15, 0.2) is 0 Å². The van der Waals surface area contributed by atoms with Crippen LogP contribution in [0.15, 0.2) is 6.20 Å². The van der Waals surface area contributed by atoms with E-state index in [0.29, 0.717) is 6.04 Å². The maximum Gasteiger partial charge on any atom is 0.0622 e. The van der Waals surface area contributed by atoms with Gasteiger partial charge in [0.05, 0.1) is 11.7 Å². The summed E-state index contributed by atoms with van der Waals surface area (Å²) in [5.41, 5.74) is 6.98. The van der Waals surface area contributed by atoms with Gasteiger partial charge in [-0.2, -0.15) is 5.10 Å². The Morgan fingerprint density at radius 2 is 1.57 bits per heavy atom. The fraction of sp³-hybridized carbons (Fsp3) is 0.812. The quantitative estimate of drug-likeness (QED) is 0.836. The summed E-state index contributed by atoms with van der Waals surface area (Å²) in [5, 5.41) is 4.58. The molecule has 0 atom stereocenters. The van der Waals surface area contributed by atoms with Crippen LogP contribution in [-0.4, -0.2) is 40.5 Å². The standard InChI is InChI=1S/C11H19N3S.2C2H6.CH5N/c1-9-8-14(12-10(9)2)11-4-6-13(15-3)7-5-11;3*1-2/h8,11H,4-7H2,1-3H3;2*1-2H3;2H2,1H3. The Kier molecular flexibility index (Phi) is 15.6. The highest BCUT2D eigenvalue weighted by molar-refractivity contribution is 7.96. The van der Waals surface area contributed by atoms with Gasteiger partial charge in [-0.05, 0) is 45.6 Å². The molecule has 1 saturated heterocycles. The number of nitrogens with zero attached hydrogens (tertiary/aromatic N) is 3. The van der Waals surface area contributed by atoms with E-state index in [1.54, 1.807) is 0 Å². The molecule has 0 bridgehead atoms. The molecule has 0 spiro atoms. The first-order chi connectivity index (χ1) is 10.2. The molecular formula is C16H36N4S. The fourth-order valence-electron chi connectivity index (χ4n) is 2.05. The zero-order valence-electron chi connectivity index (χ0n) is 15.3. The fourth-order valence-corrected chi connectivity index (χ4v) is 2.63. The number of hydrogen-bond donors (Lipinski definition) is 1. The van der Waals surface area contributed by atoms with Crippen LogP contribution in [0.3, 0.4) is 0 Å². The Labute approximate surface area is 136 Å². The average Bonchev–Trinajstić information content (AvgIpc) is 2.92. The largest absolute Gasteiger partial charge is 0.333 e. The van der Waals surface area contributed by atoms with Crippen LogP contribution in [0.25, 0.3) is 0 Å². The van der Waals surface area contributed by atoms with E-state index in [2.05, 4.69) is 46.1 Å². The van der Waals surface area contributed by atoms with Gasteiger partial charge in [-0.3, -0.25) is 8.99 Å². The summed E-state index contributed by atoms with van der Waals surface area (Å²) in [6.07, 6.45) is 6.79. The summed E-state index contributed by atoms with van der Waals surface area (Å²) in [6.45, 7) is 14.6. The predicted molar refractivity (Wildman–Crippen MR) is 97.9 cm³/mol. The molecule has 21 heavy (non-hydrogen) atoms. The van der Waals surface area contributed by atoms with Crippen molar-refractivity contribution in [3.05, 3.63) is 17.5 Å². The highest BCUT2D eigenvalue weighted by atomic mass is 32.2. The summed E-state index contributed by atoms with van der Waals surface area (Å²) in [7, 11) is 1.50. The minimum absolute atomic E-state index is 0.612. The molecule has 126 valence electrons. The monoisotopic (exact) mass is 316 g/mol. The Hall–Kier alpha value is -0.520. The molecular weight excluding hydrogens is 280 g/mol. The molecule has 2 rings (SSSR count). The SMILES string of the molecule is CC.CC.CN.CSN1CCC(n2cc(C)c(C)n2)CC1. The first-order valence-electron chi connectivity index (χ1n) is 8.10. The molecule has 2 N–H and O–H groups in total. The van der Waals surface area contributed by atoms with E-state index in [4.69, 9.17) is 0 Å². The molecule has 1 aliphatic heterocycles. The van der Waals surface area contributed by atoms with Crippen molar-refractivity contribution in [1.82, 2.24) is 14.1 Å². The Morgan fingerprint density at radius 1 is 1.10 bits per heavy atom. The topological polar surface area (TPSA) is 47.1 Å². The van der Waals surface area contributed by atoms with Crippen LogP contribution in [0.1, 0.15) is 57.8 Å². The van der Waals surface area contributed by atoms with Crippen molar-refractivity contribution in [2.24, 2.45) is 5.73 Å². The second-order valence-corrected chi connectivity index (χ2v) is 5.10. The first-order valence-corrected chi connectivity index (χ1v) is 9.28. The molecule has 0 amide bonds. The van der Waals surface area contributed by atoms with Crippen molar-refractivity contribution >= 4 is 11.9 Å². The summed E-state index contributed by atoms with van der Waals surface area (Å²) in [6, 6.07) is 0.612. The molecule has 0 saturated carbocycles. The van der Waals surface area contributed by atoms with Gasteiger partial charge in [0.2, 0.25) is 0 Å². The summed E-state index contributed by atoms with van der Waals surface area (Å²) in [5.74, 6) is 0. The molecule has 1 fully saturated rings. The van der Waals surface area contributed by atoms with E-state index in [-0.39, 0.29) is 0 Å². The number of aromatic nitrogens is 2. The number of aryl methyl sites for hydroxylation is 2. The molecule has 5 heteroatoms. The predicted octanol–water partition coefficient (Wildman–Crippen LogP) is 4.04. The van der Waals surface area contributed by atoms with Crippen LogP contribution in [0.5, 0.6) is 0 Å². The molecule has 1 aliphatic rings. The second-order valence-electron chi connectivity index (χ2n) is 4.22. The van der Waals surface area contributed by atoms with Crippen molar-refractivity contribution in [2.45, 2.75) is 60.4 Å². The second kappa shape index (κ2) is 14.4. The van der Waals surface area contributed by atoms with E-state index in [9.17, 15) is 0 Å². The number of hydrogen-bond acceptors (Lipinski definition) is 4. The van der Waals surface area contributed by atoms with Gasteiger partial charge in [0, 0.05) is 19.3 Å². The lowest BCUT2D eigenvalue weighted by atomic mass is 10.1. The molecule has 1 aromatic rings. The minimum atomic E-state index is 0.612. The van der Waals surface area contributed by atoms with Crippen LogP contribution in [0.4, 0.5) is 0 Å². The third kappa shape index (κ3) is 7.88. The molecule has 0 radical (unpaired) electrons. The van der Waals surface area contributed by atoms with Gasteiger partial charge in [0.1, 0.15) is 0 Å². The maximum absolute atomic E-state index is 4.58. The van der Waals surface area contributed by atoms with Crippen LogP contribution >= 0.6 is 11.9 Å². The van der Waals surface area contributed by atoms with Gasteiger partial charge in [-0.1, -0.05) is 39.6 Å². The Morgan fingerprint density at radius 3 is 1.90 bits per heavy atom. The number of rotatable bonds is 2. The van der Waals surface area contributed by atoms with Gasteiger partial charge in [-0.25, -0.2) is 0 Å². The highest BCUT2D eigenvalue weighted by Crippen LogP contribution is 2.25. The smallest absolute Gasteiger partial charge is 0.0622 e. The Bertz CT molecular complexity index is 312. The maximum atomic E-state index is 4.58. The molecule has 0 aromatic carbocycles. The van der Waals surface area contributed by atoms with Gasteiger partial charge in [0.25, 0.3) is 0 Å². The molecule has 0 unspecified atom stereocenters. The summed E-state index contributed by atoms with van der Waals surface area (Å²) >= 11 is 1.85. The minimum Gasteiger partial charge on any atom is -0.333 e. The molecule has 2 heterocycles. The Balaban J connectivity index is 0. The van der Waals surface area contributed by atoms with E-state index in [1.165, 1.54) is 44.2 Å². The van der Waals surface area contributed by atoms with Crippen LogP contribution in [0, 0.1) is 13.8 Å². The van der Waals surface area contributed by atoms with Crippen molar-refractivity contribution in [1.29, 1.82) is 0 Å². The van der Waals surface area contributed by atoms with Crippen molar-refractivity contribution < 1.29 is 0 Å². The van der Waals surface area contributed by atoms with Gasteiger partial charge >= 0.3 is 0 Å². The molecule has 4 nitrogen and oxygen atoms in total. The molecule has 1 aromatic heterocycles. The number of nitrogens with two attached hydrogens (primary N) is 1. The lowest BCUT2D eigenvalue weighted by Crippen LogP contribution is -2.29. The third-order valence-electron chi connectivity index (χ3n) is 3.22. The van der Waals surface area contributed by atoms with Crippen LogP contribution in [-0.2, 0) is 0 Å². The van der Waals surface area contributed by atoms with E-state index in [0.717, 1.165) is 0 Å². The van der Waals surface area contributed by atoms with Crippen LogP contribution < -0.4 is 5.73 Å². The van der Waals surface area contributed by atoms with E-state index < -0.39 is 0 Å². The van der Waals surface area contributed by atoms with Crippen LogP contribution in [0.2, 0.25) is 0 Å². The summed E-state index contributed by atoms with van der Waals surface area (Å²) in [4.78, 5) is 0. The summed E-state index contributed by atoms with van der Waals surface area (Å²) < 4.78 is 4.60. The lowest BCUT2D eigenvalue weighted by Gasteiger charge is -2.30. The normalized spacial score (nSPS) is 14.9. The first kappa shape index (κ1) is 22.8. The zero-order chi connectivity index (χ0) is 16.8. The molecule has 0 aliphatic carbocycles. The number of piperidine rings is 1. The van der Waals surface area contributed by atoms with Crippen molar-refractivity contribution in [3.8, 4) is 0 Å². The zero-order valence-corrected chi connectivity index (χ0v) is 16.1.